The van der Waals surface area contributed by atoms with E-state index < -0.39 is 0 Å². The van der Waals surface area contributed by atoms with Crippen LogP contribution in [0.4, 0.5) is 0 Å². The Balaban J connectivity index is 2.60. The molecule has 0 bridgehead atoms. The molecule has 1 aliphatic rings. The number of ether oxygens (including phenoxy) is 1. The van der Waals surface area contributed by atoms with Crippen molar-refractivity contribution in [2.75, 3.05) is 60.0 Å². The molecule has 0 radical (unpaired) electrons. The summed E-state index contributed by atoms with van der Waals surface area (Å²) in [6, 6.07) is 0. The second-order valence-corrected chi connectivity index (χ2v) is 7.99. The minimum Gasteiger partial charge on any atom is -0.381 e. The van der Waals surface area contributed by atoms with Gasteiger partial charge in [-0.05, 0) is 54.3 Å². The number of rotatable bonds is 9. The fourth-order valence-corrected chi connectivity index (χ4v) is 2.82. The average Bonchev–Trinajstić information content (AvgIpc) is 2.82. The quantitative estimate of drug-likeness (QED) is 0.705. The van der Waals surface area contributed by atoms with Crippen LogP contribution < -0.4 is 5.32 Å². The molecule has 4 heteroatoms. The molecule has 1 heterocycles. The molecule has 1 saturated heterocycles. The Labute approximate surface area is 132 Å². The molecule has 1 atom stereocenters. The SMILES string of the molecule is CCCN(CCN(C)C)CC1(CNC(C)(C)C)CCOC1. The zero-order valence-corrected chi connectivity index (χ0v) is 15.2. The van der Waals surface area contributed by atoms with Crippen LogP contribution in [-0.4, -0.2) is 75.4 Å². The second-order valence-electron chi connectivity index (χ2n) is 7.99. The maximum atomic E-state index is 5.75. The Morgan fingerprint density at radius 2 is 1.86 bits per heavy atom. The molecule has 1 aliphatic heterocycles. The van der Waals surface area contributed by atoms with Gasteiger partial charge in [0.15, 0.2) is 0 Å². The van der Waals surface area contributed by atoms with Crippen LogP contribution in [0, 0.1) is 5.41 Å². The van der Waals surface area contributed by atoms with Gasteiger partial charge in [0.2, 0.25) is 0 Å². The van der Waals surface area contributed by atoms with Crippen molar-refractivity contribution < 1.29 is 4.74 Å². The zero-order chi connectivity index (χ0) is 15.9. The average molecular weight is 300 g/mol. The third-order valence-electron chi connectivity index (χ3n) is 4.14. The molecule has 0 aliphatic carbocycles. The van der Waals surface area contributed by atoms with Crippen molar-refractivity contribution in [1.82, 2.24) is 15.1 Å². The van der Waals surface area contributed by atoms with Crippen LogP contribution in [0.15, 0.2) is 0 Å². The molecule has 126 valence electrons. The predicted octanol–water partition coefficient (Wildman–Crippen LogP) is 2.05. The second kappa shape index (κ2) is 8.47. The molecular formula is C17H37N3O. The molecule has 1 N–H and O–H groups in total. The molecule has 0 aromatic rings. The number of likely N-dealkylation sites (N-methyl/N-ethyl adjacent to an activating group) is 1. The van der Waals surface area contributed by atoms with Gasteiger partial charge in [0.05, 0.1) is 6.61 Å². The Kier molecular flexibility index (Phi) is 7.62. The molecule has 0 aromatic heterocycles. The number of nitrogens with zero attached hydrogens (tertiary/aromatic N) is 2. The van der Waals surface area contributed by atoms with Crippen molar-refractivity contribution in [3.8, 4) is 0 Å². The van der Waals surface area contributed by atoms with Crippen LogP contribution in [-0.2, 0) is 4.74 Å². The highest BCUT2D eigenvalue weighted by Gasteiger charge is 2.37. The largest absolute Gasteiger partial charge is 0.381 e. The summed E-state index contributed by atoms with van der Waals surface area (Å²) >= 11 is 0. The standard InChI is InChI=1S/C17H37N3O/c1-7-9-20(11-10-19(5)6)14-17(8-12-21-15-17)13-18-16(2,3)4/h18H,7-15H2,1-6H3. The van der Waals surface area contributed by atoms with Gasteiger partial charge in [-0.3, -0.25) is 0 Å². The van der Waals surface area contributed by atoms with Crippen LogP contribution in [0.5, 0.6) is 0 Å². The van der Waals surface area contributed by atoms with Crippen molar-refractivity contribution in [1.29, 1.82) is 0 Å². The van der Waals surface area contributed by atoms with Crippen molar-refractivity contribution in [3.05, 3.63) is 0 Å². The summed E-state index contributed by atoms with van der Waals surface area (Å²) in [5, 5.41) is 3.70. The van der Waals surface area contributed by atoms with E-state index in [0.717, 1.165) is 39.4 Å². The van der Waals surface area contributed by atoms with Crippen LogP contribution >= 0.6 is 0 Å². The fourth-order valence-electron chi connectivity index (χ4n) is 2.82. The molecule has 0 spiro atoms. The van der Waals surface area contributed by atoms with Gasteiger partial charge in [-0.15, -0.1) is 0 Å². The molecule has 1 rings (SSSR count). The van der Waals surface area contributed by atoms with E-state index in [4.69, 9.17) is 4.74 Å². The Morgan fingerprint density at radius 3 is 2.33 bits per heavy atom. The maximum absolute atomic E-state index is 5.75. The van der Waals surface area contributed by atoms with Crippen molar-refractivity contribution in [2.45, 2.75) is 46.1 Å². The van der Waals surface area contributed by atoms with E-state index in [2.05, 4.69) is 56.9 Å². The lowest BCUT2D eigenvalue weighted by atomic mass is 9.85. The number of nitrogens with one attached hydrogen (secondary N) is 1. The van der Waals surface area contributed by atoms with E-state index in [1.165, 1.54) is 19.4 Å². The van der Waals surface area contributed by atoms with Gasteiger partial charge in [0, 0.05) is 43.7 Å². The third-order valence-corrected chi connectivity index (χ3v) is 4.14. The summed E-state index contributed by atoms with van der Waals surface area (Å²) < 4.78 is 5.75. The summed E-state index contributed by atoms with van der Waals surface area (Å²) in [6.07, 6.45) is 2.40. The number of hydrogen-bond acceptors (Lipinski definition) is 4. The van der Waals surface area contributed by atoms with E-state index in [0.29, 0.717) is 0 Å². The predicted molar refractivity (Wildman–Crippen MR) is 90.9 cm³/mol. The smallest absolute Gasteiger partial charge is 0.0547 e. The summed E-state index contributed by atoms with van der Waals surface area (Å²) in [5.41, 5.74) is 0.462. The fraction of sp³-hybridized carbons (Fsp3) is 1.00. The van der Waals surface area contributed by atoms with Gasteiger partial charge >= 0.3 is 0 Å². The lowest BCUT2D eigenvalue weighted by molar-refractivity contribution is 0.0989. The van der Waals surface area contributed by atoms with Gasteiger partial charge < -0.3 is 19.9 Å². The van der Waals surface area contributed by atoms with E-state index >= 15 is 0 Å². The van der Waals surface area contributed by atoms with E-state index in [1.54, 1.807) is 0 Å². The molecule has 1 fully saturated rings. The lowest BCUT2D eigenvalue weighted by Gasteiger charge is -2.37. The monoisotopic (exact) mass is 299 g/mol. The van der Waals surface area contributed by atoms with Crippen molar-refractivity contribution in [3.63, 3.8) is 0 Å². The lowest BCUT2D eigenvalue weighted by Crippen LogP contribution is -2.50. The first-order valence-corrected chi connectivity index (χ1v) is 8.46. The summed E-state index contributed by atoms with van der Waals surface area (Å²) in [6.45, 7) is 16.5. The topological polar surface area (TPSA) is 27.7 Å². The third kappa shape index (κ3) is 7.59. The molecule has 0 amide bonds. The van der Waals surface area contributed by atoms with Gasteiger partial charge in [-0.1, -0.05) is 6.92 Å². The molecule has 21 heavy (non-hydrogen) atoms. The Morgan fingerprint density at radius 1 is 1.14 bits per heavy atom. The van der Waals surface area contributed by atoms with Gasteiger partial charge in [0.1, 0.15) is 0 Å². The molecule has 1 unspecified atom stereocenters. The van der Waals surface area contributed by atoms with Gasteiger partial charge in [0.25, 0.3) is 0 Å². The highest BCUT2D eigenvalue weighted by Crippen LogP contribution is 2.30. The summed E-state index contributed by atoms with van der Waals surface area (Å²) in [7, 11) is 4.31. The Bertz CT molecular complexity index is 280. The number of hydrogen-bond donors (Lipinski definition) is 1. The normalized spacial score (nSPS) is 23.4. The van der Waals surface area contributed by atoms with Crippen molar-refractivity contribution >= 4 is 0 Å². The first-order chi connectivity index (χ1) is 9.76. The van der Waals surface area contributed by atoms with Gasteiger partial charge in [-0.2, -0.15) is 0 Å². The molecular weight excluding hydrogens is 262 g/mol. The minimum atomic E-state index is 0.175. The Hall–Kier alpha value is -0.160. The summed E-state index contributed by atoms with van der Waals surface area (Å²) in [4.78, 5) is 4.90. The van der Waals surface area contributed by atoms with E-state index in [9.17, 15) is 0 Å². The van der Waals surface area contributed by atoms with Crippen LogP contribution in [0.25, 0.3) is 0 Å². The van der Waals surface area contributed by atoms with E-state index in [-0.39, 0.29) is 11.0 Å². The molecule has 4 nitrogen and oxygen atoms in total. The van der Waals surface area contributed by atoms with Crippen LogP contribution in [0.3, 0.4) is 0 Å². The molecule has 0 aromatic carbocycles. The summed E-state index contributed by atoms with van der Waals surface area (Å²) in [5.74, 6) is 0. The maximum Gasteiger partial charge on any atom is 0.0547 e. The first kappa shape index (κ1) is 18.9. The molecule has 0 saturated carbocycles. The van der Waals surface area contributed by atoms with Crippen LogP contribution in [0.1, 0.15) is 40.5 Å². The van der Waals surface area contributed by atoms with Gasteiger partial charge in [-0.25, -0.2) is 0 Å². The minimum absolute atomic E-state index is 0.175. The van der Waals surface area contributed by atoms with Crippen molar-refractivity contribution in [2.24, 2.45) is 5.41 Å². The van der Waals surface area contributed by atoms with E-state index in [1.807, 2.05) is 0 Å². The first-order valence-electron chi connectivity index (χ1n) is 8.46. The highest BCUT2D eigenvalue weighted by atomic mass is 16.5. The van der Waals surface area contributed by atoms with Crippen LogP contribution in [0.2, 0.25) is 0 Å². The highest BCUT2D eigenvalue weighted by molar-refractivity contribution is 4.90. The zero-order valence-electron chi connectivity index (χ0n) is 15.2.